The van der Waals surface area contributed by atoms with Gasteiger partial charge in [0.2, 0.25) is 5.91 Å². The third-order valence-corrected chi connectivity index (χ3v) is 4.87. The minimum atomic E-state index is 0.247. The summed E-state index contributed by atoms with van der Waals surface area (Å²) in [6.45, 7) is 4.62. The van der Waals surface area contributed by atoms with Gasteiger partial charge in [-0.1, -0.05) is 0 Å². The lowest BCUT2D eigenvalue weighted by atomic mass is 9.95. The van der Waals surface area contributed by atoms with E-state index < -0.39 is 0 Å². The summed E-state index contributed by atoms with van der Waals surface area (Å²) in [7, 11) is 1.75. The zero-order valence-electron chi connectivity index (χ0n) is 13.3. The van der Waals surface area contributed by atoms with Crippen LogP contribution in [0.5, 0.6) is 0 Å². The molecular weight excluding hydrogens is 278 g/mol. The molecule has 22 heavy (non-hydrogen) atoms. The molecule has 0 unspecified atom stereocenters. The third kappa shape index (κ3) is 3.65. The summed E-state index contributed by atoms with van der Waals surface area (Å²) in [4.78, 5) is 21.2. The molecule has 3 aliphatic rings. The number of methoxy groups -OCH3 is 1. The molecule has 120 valence electrons. The maximum Gasteiger partial charge on any atom is 0.227 e. The van der Waals surface area contributed by atoms with Gasteiger partial charge in [0.25, 0.3) is 0 Å². The smallest absolute Gasteiger partial charge is 0.227 e. The van der Waals surface area contributed by atoms with Crippen LogP contribution in [0.4, 0.5) is 0 Å². The molecule has 2 atom stereocenters. The number of rotatable bonds is 5. The molecule has 1 aromatic rings. The Hall–Kier alpha value is -1.46. The maximum atomic E-state index is 12.6. The Morgan fingerprint density at radius 1 is 1.27 bits per heavy atom. The summed E-state index contributed by atoms with van der Waals surface area (Å²) in [6.07, 6.45) is 6.43. The quantitative estimate of drug-likeness (QED) is 0.820. The second-order valence-corrected chi connectivity index (χ2v) is 6.42. The van der Waals surface area contributed by atoms with E-state index in [0.29, 0.717) is 18.4 Å². The summed E-state index contributed by atoms with van der Waals surface area (Å²) in [6, 6.07) is 4.35. The van der Waals surface area contributed by atoms with Crippen molar-refractivity contribution in [2.45, 2.75) is 25.3 Å². The topological polar surface area (TPSA) is 45.7 Å². The van der Waals surface area contributed by atoms with Crippen LogP contribution in [0.2, 0.25) is 0 Å². The van der Waals surface area contributed by atoms with Crippen LogP contribution in [0.1, 0.15) is 18.4 Å². The molecule has 2 bridgehead atoms. The Bertz CT molecular complexity index is 494. The molecule has 0 N–H and O–H groups in total. The summed E-state index contributed by atoms with van der Waals surface area (Å²) in [5.74, 6) is 0.855. The number of ether oxygens (including phenoxy) is 1. The first-order valence-electron chi connectivity index (χ1n) is 8.16. The van der Waals surface area contributed by atoms with Gasteiger partial charge in [0, 0.05) is 51.7 Å². The number of nitrogens with zero attached hydrogens (tertiary/aromatic N) is 3. The molecule has 3 fully saturated rings. The van der Waals surface area contributed by atoms with Crippen molar-refractivity contribution in [3.05, 3.63) is 30.1 Å². The average Bonchev–Trinajstić information content (AvgIpc) is 2.85. The standard InChI is InChI=1S/C17H25N3O2/c1-22-9-8-19-11-15-2-3-16(19)13-20(12-15)17(21)10-14-4-6-18-7-5-14/h4-7,15-16H,2-3,8-13H2,1H3/t15-,16-/m1/s1. The minimum Gasteiger partial charge on any atom is -0.383 e. The number of hydrogen-bond acceptors (Lipinski definition) is 4. The molecule has 3 aliphatic heterocycles. The Morgan fingerprint density at radius 3 is 2.86 bits per heavy atom. The number of piperidine rings is 1. The van der Waals surface area contributed by atoms with Gasteiger partial charge in [-0.15, -0.1) is 0 Å². The zero-order chi connectivity index (χ0) is 15.4. The summed E-state index contributed by atoms with van der Waals surface area (Å²) in [5, 5.41) is 0. The highest BCUT2D eigenvalue weighted by atomic mass is 16.5. The summed E-state index contributed by atoms with van der Waals surface area (Å²) in [5.41, 5.74) is 1.05. The third-order valence-electron chi connectivity index (χ3n) is 4.87. The van der Waals surface area contributed by atoms with Crippen molar-refractivity contribution >= 4 is 5.91 Å². The van der Waals surface area contributed by atoms with E-state index in [-0.39, 0.29) is 5.91 Å². The highest BCUT2D eigenvalue weighted by Crippen LogP contribution is 2.28. The number of carbonyl (C=O) groups is 1. The number of hydrogen-bond donors (Lipinski definition) is 0. The molecule has 0 spiro atoms. The van der Waals surface area contributed by atoms with Crippen LogP contribution in [0.15, 0.2) is 24.5 Å². The molecule has 1 amide bonds. The SMILES string of the molecule is COCCN1C[C@H]2CC[C@@H]1CN(C(=O)Cc1ccncc1)C2. The molecule has 0 saturated carbocycles. The first-order chi connectivity index (χ1) is 10.8. The van der Waals surface area contributed by atoms with Crippen LogP contribution in [0, 0.1) is 5.92 Å². The van der Waals surface area contributed by atoms with E-state index in [0.717, 1.165) is 38.3 Å². The van der Waals surface area contributed by atoms with E-state index in [1.54, 1.807) is 19.5 Å². The molecule has 5 heteroatoms. The second kappa shape index (κ2) is 7.20. The first kappa shape index (κ1) is 15.4. The molecule has 1 aromatic heterocycles. The first-order valence-corrected chi connectivity index (χ1v) is 8.16. The number of amides is 1. The lowest BCUT2D eigenvalue weighted by Crippen LogP contribution is -2.45. The van der Waals surface area contributed by atoms with Gasteiger partial charge in [-0.2, -0.15) is 0 Å². The number of aromatic nitrogens is 1. The van der Waals surface area contributed by atoms with Crippen molar-refractivity contribution in [2.24, 2.45) is 5.92 Å². The van der Waals surface area contributed by atoms with Crippen molar-refractivity contribution in [1.29, 1.82) is 0 Å². The van der Waals surface area contributed by atoms with Crippen molar-refractivity contribution in [3.63, 3.8) is 0 Å². The number of fused-ring (bicyclic) bond motifs is 4. The van der Waals surface area contributed by atoms with E-state index in [1.807, 2.05) is 12.1 Å². The van der Waals surface area contributed by atoms with Gasteiger partial charge in [0.15, 0.2) is 0 Å². The van der Waals surface area contributed by atoms with Crippen molar-refractivity contribution < 1.29 is 9.53 Å². The fraction of sp³-hybridized carbons (Fsp3) is 0.647. The Labute approximate surface area is 132 Å². The molecule has 0 aliphatic carbocycles. The Balaban J connectivity index is 1.62. The van der Waals surface area contributed by atoms with Gasteiger partial charge in [-0.05, 0) is 36.5 Å². The maximum absolute atomic E-state index is 12.6. The summed E-state index contributed by atoms with van der Waals surface area (Å²) >= 11 is 0. The van der Waals surface area contributed by atoms with Crippen molar-refractivity contribution in [3.8, 4) is 0 Å². The summed E-state index contributed by atoms with van der Waals surface area (Å²) < 4.78 is 5.22. The normalized spacial score (nSPS) is 25.2. The lowest BCUT2D eigenvalue weighted by Gasteiger charge is -2.35. The van der Waals surface area contributed by atoms with Crippen LogP contribution < -0.4 is 0 Å². The zero-order valence-corrected chi connectivity index (χ0v) is 13.3. The predicted octanol–water partition coefficient (Wildman–Crippen LogP) is 1.19. The fourth-order valence-electron chi connectivity index (χ4n) is 3.65. The highest BCUT2D eigenvalue weighted by molar-refractivity contribution is 5.78. The molecule has 0 radical (unpaired) electrons. The van der Waals surface area contributed by atoms with Crippen LogP contribution in [-0.4, -0.2) is 66.6 Å². The predicted molar refractivity (Wildman–Crippen MR) is 84.5 cm³/mol. The van der Waals surface area contributed by atoms with Crippen molar-refractivity contribution in [2.75, 3.05) is 39.9 Å². The van der Waals surface area contributed by atoms with Gasteiger partial charge < -0.3 is 9.64 Å². The average molecular weight is 303 g/mol. The second-order valence-electron chi connectivity index (χ2n) is 6.42. The molecule has 0 aromatic carbocycles. The van der Waals surface area contributed by atoms with Crippen LogP contribution in [0.25, 0.3) is 0 Å². The van der Waals surface area contributed by atoms with E-state index in [9.17, 15) is 4.79 Å². The lowest BCUT2D eigenvalue weighted by molar-refractivity contribution is -0.130. The monoisotopic (exact) mass is 303 g/mol. The Kier molecular flexibility index (Phi) is 5.05. The molecule has 5 nitrogen and oxygen atoms in total. The number of pyridine rings is 1. The van der Waals surface area contributed by atoms with Crippen LogP contribution >= 0.6 is 0 Å². The molecule has 4 heterocycles. The molecule has 4 rings (SSSR count). The van der Waals surface area contributed by atoms with Gasteiger partial charge in [-0.25, -0.2) is 0 Å². The fourth-order valence-corrected chi connectivity index (χ4v) is 3.65. The Morgan fingerprint density at radius 2 is 2.09 bits per heavy atom. The largest absolute Gasteiger partial charge is 0.383 e. The van der Waals surface area contributed by atoms with Gasteiger partial charge in [-0.3, -0.25) is 14.7 Å². The molecule has 3 saturated heterocycles. The van der Waals surface area contributed by atoms with E-state index in [4.69, 9.17) is 4.74 Å². The van der Waals surface area contributed by atoms with E-state index in [2.05, 4.69) is 14.8 Å². The minimum absolute atomic E-state index is 0.247. The van der Waals surface area contributed by atoms with Gasteiger partial charge in [0.05, 0.1) is 13.0 Å². The van der Waals surface area contributed by atoms with Crippen molar-refractivity contribution in [1.82, 2.24) is 14.8 Å². The number of carbonyl (C=O) groups excluding carboxylic acids is 1. The van der Waals surface area contributed by atoms with Gasteiger partial charge >= 0.3 is 0 Å². The van der Waals surface area contributed by atoms with Crippen LogP contribution in [-0.2, 0) is 16.0 Å². The van der Waals surface area contributed by atoms with Gasteiger partial charge in [0.1, 0.15) is 0 Å². The van der Waals surface area contributed by atoms with E-state index >= 15 is 0 Å². The molecular formula is C17H25N3O2. The highest BCUT2D eigenvalue weighted by Gasteiger charge is 2.35. The van der Waals surface area contributed by atoms with E-state index in [1.165, 1.54) is 12.8 Å². The van der Waals surface area contributed by atoms with Crippen LogP contribution in [0.3, 0.4) is 0 Å².